The predicted octanol–water partition coefficient (Wildman–Crippen LogP) is 1.47. The lowest BCUT2D eigenvalue weighted by molar-refractivity contribution is 1.17. The van der Waals surface area contributed by atoms with E-state index in [0.29, 0.717) is 0 Å². The summed E-state index contributed by atoms with van der Waals surface area (Å²) in [5, 5.41) is 2.35. The summed E-state index contributed by atoms with van der Waals surface area (Å²) in [5.74, 6) is 0. The highest BCUT2D eigenvalue weighted by Gasteiger charge is 2.15. The van der Waals surface area contributed by atoms with Gasteiger partial charge in [-0.05, 0) is 6.07 Å². The van der Waals surface area contributed by atoms with Gasteiger partial charge in [0.2, 0.25) is 0 Å². The third-order valence-electron chi connectivity index (χ3n) is 2.54. The van der Waals surface area contributed by atoms with E-state index in [9.17, 15) is 0 Å². The van der Waals surface area contributed by atoms with E-state index in [2.05, 4.69) is 16.0 Å². The molecule has 0 atom stereocenters. The quantitative estimate of drug-likeness (QED) is 0.390. The second kappa shape index (κ2) is 1.57. The predicted molar refractivity (Wildman–Crippen MR) is 49.1 cm³/mol. The van der Waals surface area contributed by atoms with Gasteiger partial charge >= 0.3 is 0 Å². The first-order chi connectivity index (χ1) is 6.43. The van der Waals surface area contributed by atoms with Crippen molar-refractivity contribution in [3.63, 3.8) is 0 Å². The number of pyridine rings is 1. The summed E-state index contributed by atoms with van der Waals surface area (Å²) in [6.45, 7) is 0. The molecule has 4 rings (SSSR count). The first-order valence-electron chi connectivity index (χ1n) is 4.20. The SMILES string of the molecule is c1cc2ncn3cc4c(c(c1)c23)=N4. The Kier molecular flexibility index (Phi) is 0.687. The third-order valence-corrected chi connectivity index (χ3v) is 2.54. The number of para-hydroxylation sites is 1. The number of fused-ring (bicyclic) bond motifs is 2. The maximum atomic E-state index is 4.31. The van der Waals surface area contributed by atoms with Gasteiger partial charge in [0.1, 0.15) is 17.4 Å². The number of benzene rings is 1. The molecule has 60 valence electrons. The summed E-state index contributed by atoms with van der Waals surface area (Å²) >= 11 is 0. The minimum Gasteiger partial charge on any atom is -0.303 e. The standard InChI is InChI=1S/C10H5N3/c1-2-6-9-8(12-9)4-13-5-11-7(3-1)10(6)13/h1-5H. The zero-order valence-corrected chi connectivity index (χ0v) is 6.73. The Bertz CT molecular complexity index is 694. The number of aromatic nitrogens is 2. The minimum absolute atomic E-state index is 1.04. The number of hydrogen-bond donors (Lipinski definition) is 0. The van der Waals surface area contributed by atoms with Gasteiger partial charge in [0.05, 0.1) is 11.0 Å². The molecule has 0 bridgehead atoms. The van der Waals surface area contributed by atoms with Crippen molar-refractivity contribution in [3.05, 3.63) is 36.1 Å². The van der Waals surface area contributed by atoms with Gasteiger partial charge in [-0.2, -0.15) is 0 Å². The molecular weight excluding hydrogens is 162 g/mol. The number of rotatable bonds is 0. The molecule has 3 heterocycles. The van der Waals surface area contributed by atoms with E-state index in [1.165, 1.54) is 10.9 Å². The average Bonchev–Trinajstić information content (AvgIpc) is 2.82. The second-order valence-electron chi connectivity index (χ2n) is 3.30. The molecule has 0 amide bonds. The van der Waals surface area contributed by atoms with Crippen LogP contribution in [0, 0.1) is 0 Å². The van der Waals surface area contributed by atoms with Crippen molar-refractivity contribution >= 4 is 22.1 Å². The highest BCUT2D eigenvalue weighted by Crippen LogP contribution is 2.25. The Balaban J connectivity index is 2.55. The molecule has 1 aliphatic rings. The maximum Gasteiger partial charge on any atom is 0.107 e. The van der Waals surface area contributed by atoms with E-state index < -0.39 is 0 Å². The Morgan fingerprint density at radius 3 is 3.23 bits per heavy atom. The summed E-state index contributed by atoms with van der Waals surface area (Å²) in [4.78, 5) is 8.60. The first kappa shape index (κ1) is 5.70. The summed E-state index contributed by atoms with van der Waals surface area (Å²) < 4.78 is 2.04. The molecule has 0 unspecified atom stereocenters. The van der Waals surface area contributed by atoms with Crippen molar-refractivity contribution in [2.24, 2.45) is 4.99 Å². The lowest BCUT2D eigenvalue weighted by atomic mass is 10.2. The molecule has 3 heteroatoms. The molecule has 3 aromatic rings. The average molecular weight is 167 g/mol. The van der Waals surface area contributed by atoms with Gasteiger partial charge < -0.3 is 4.40 Å². The molecule has 1 aromatic carbocycles. The Morgan fingerprint density at radius 2 is 2.23 bits per heavy atom. The van der Waals surface area contributed by atoms with Crippen LogP contribution in [0.2, 0.25) is 0 Å². The van der Waals surface area contributed by atoms with E-state index >= 15 is 0 Å². The zero-order chi connectivity index (χ0) is 8.41. The van der Waals surface area contributed by atoms with Crippen LogP contribution < -0.4 is 5.36 Å². The van der Waals surface area contributed by atoms with Crippen LogP contribution >= 0.6 is 0 Å². The molecule has 3 nitrogen and oxygen atoms in total. The van der Waals surface area contributed by atoms with E-state index in [0.717, 1.165) is 16.6 Å². The van der Waals surface area contributed by atoms with Gasteiger partial charge in [-0.3, -0.25) is 0 Å². The highest BCUT2D eigenvalue weighted by atomic mass is 15.0. The van der Waals surface area contributed by atoms with E-state index in [1.54, 1.807) is 0 Å². The molecule has 2 aromatic heterocycles. The first-order valence-corrected chi connectivity index (χ1v) is 4.20. The van der Waals surface area contributed by atoms with E-state index in [1.807, 2.05) is 29.1 Å². The molecule has 0 saturated carbocycles. The monoisotopic (exact) mass is 167 g/mol. The van der Waals surface area contributed by atoms with E-state index in [4.69, 9.17) is 0 Å². The van der Waals surface area contributed by atoms with Crippen molar-refractivity contribution in [2.75, 3.05) is 0 Å². The van der Waals surface area contributed by atoms with Crippen LogP contribution in [0.1, 0.15) is 0 Å². The molecule has 13 heavy (non-hydrogen) atoms. The van der Waals surface area contributed by atoms with Gasteiger partial charge in [0, 0.05) is 11.6 Å². The molecule has 0 aliphatic carbocycles. The van der Waals surface area contributed by atoms with Crippen molar-refractivity contribution in [3.8, 4) is 0 Å². The Hall–Kier alpha value is -1.90. The fourth-order valence-electron chi connectivity index (χ4n) is 1.89. The summed E-state index contributed by atoms with van der Waals surface area (Å²) in [5.41, 5.74) is 3.32. The minimum atomic E-state index is 1.04. The van der Waals surface area contributed by atoms with Gasteiger partial charge in [-0.1, -0.05) is 12.1 Å². The van der Waals surface area contributed by atoms with Crippen molar-refractivity contribution in [2.45, 2.75) is 0 Å². The Labute approximate surface area is 73.3 Å². The topological polar surface area (TPSA) is 29.7 Å². The molecular formula is C10H5N3. The lowest BCUT2D eigenvalue weighted by Crippen LogP contribution is -1.91. The number of hydrogen-bond acceptors (Lipinski definition) is 2. The van der Waals surface area contributed by atoms with Crippen LogP contribution in [0.15, 0.2) is 35.7 Å². The van der Waals surface area contributed by atoms with Crippen LogP contribution in [-0.2, 0) is 0 Å². The zero-order valence-electron chi connectivity index (χ0n) is 6.73. The molecule has 0 spiro atoms. The fourth-order valence-corrected chi connectivity index (χ4v) is 1.89. The van der Waals surface area contributed by atoms with Gasteiger partial charge in [0.25, 0.3) is 0 Å². The van der Waals surface area contributed by atoms with Crippen molar-refractivity contribution < 1.29 is 0 Å². The van der Waals surface area contributed by atoms with Crippen molar-refractivity contribution in [1.82, 2.24) is 9.38 Å². The van der Waals surface area contributed by atoms with Crippen LogP contribution in [0.25, 0.3) is 16.4 Å². The lowest BCUT2D eigenvalue weighted by Gasteiger charge is -1.94. The number of nitrogens with zero attached hydrogens (tertiary/aromatic N) is 3. The summed E-state index contributed by atoms with van der Waals surface area (Å²) in [6.07, 6.45) is 3.86. The molecule has 0 saturated heterocycles. The summed E-state index contributed by atoms with van der Waals surface area (Å²) in [7, 11) is 0. The van der Waals surface area contributed by atoms with E-state index in [-0.39, 0.29) is 0 Å². The van der Waals surface area contributed by atoms with Crippen LogP contribution in [0.3, 0.4) is 0 Å². The van der Waals surface area contributed by atoms with Crippen LogP contribution in [-0.4, -0.2) is 9.38 Å². The normalized spacial score (nSPS) is 13.2. The third kappa shape index (κ3) is 0.538. The second-order valence-corrected chi connectivity index (χ2v) is 3.30. The molecule has 0 N–H and O–H groups in total. The molecule has 1 aliphatic heterocycles. The van der Waals surface area contributed by atoms with Gasteiger partial charge in [0.15, 0.2) is 0 Å². The largest absolute Gasteiger partial charge is 0.303 e. The van der Waals surface area contributed by atoms with Gasteiger partial charge in [-0.25, -0.2) is 9.98 Å². The summed E-state index contributed by atoms with van der Waals surface area (Å²) in [6, 6.07) is 6.15. The number of imidazole rings is 1. The van der Waals surface area contributed by atoms with Crippen LogP contribution in [0.5, 0.6) is 0 Å². The highest BCUT2D eigenvalue weighted by molar-refractivity contribution is 5.95. The maximum absolute atomic E-state index is 4.31. The van der Waals surface area contributed by atoms with Crippen molar-refractivity contribution in [1.29, 1.82) is 0 Å². The van der Waals surface area contributed by atoms with Gasteiger partial charge in [-0.15, -0.1) is 0 Å². The molecule has 0 radical (unpaired) electrons. The fraction of sp³-hybridized carbons (Fsp3) is 0. The Morgan fingerprint density at radius 1 is 1.23 bits per heavy atom. The smallest absolute Gasteiger partial charge is 0.107 e. The molecule has 0 fully saturated rings. The van der Waals surface area contributed by atoms with Crippen LogP contribution in [0.4, 0.5) is 5.69 Å².